The summed E-state index contributed by atoms with van der Waals surface area (Å²) in [5.74, 6) is -0.108. The van der Waals surface area contributed by atoms with Gasteiger partial charge in [-0.1, -0.05) is 35.9 Å². The number of nitrogens with zero attached hydrogens (tertiary/aromatic N) is 3. The van der Waals surface area contributed by atoms with E-state index in [1.807, 2.05) is 38.1 Å². The van der Waals surface area contributed by atoms with E-state index in [9.17, 15) is 13.2 Å². The third kappa shape index (κ3) is 6.42. The van der Waals surface area contributed by atoms with Crippen molar-refractivity contribution in [2.24, 2.45) is 0 Å². The van der Waals surface area contributed by atoms with Crippen LogP contribution < -0.4 is 10.1 Å². The number of nitriles is 1. The quantitative estimate of drug-likeness (QED) is 0.280. The van der Waals surface area contributed by atoms with Gasteiger partial charge in [0.25, 0.3) is 5.16 Å². The second-order valence-corrected chi connectivity index (χ2v) is 11.5. The molecule has 0 saturated heterocycles. The molecule has 8 nitrogen and oxygen atoms in total. The van der Waals surface area contributed by atoms with Gasteiger partial charge in [0, 0.05) is 23.8 Å². The van der Waals surface area contributed by atoms with Crippen LogP contribution in [0.2, 0.25) is 5.02 Å². The van der Waals surface area contributed by atoms with Crippen LogP contribution in [0.5, 0.6) is 11.6 Å². The highest BCUT2D eigenvalue weighted by Gasteiger charge is 2.32. The summed E-state index contributed by atoms with van der Waals surface area (Å²) >= 11 is 5.88. The molecule has 4 aromatic rings. The van der Waals surface area contributed by atoms with Crippen molar-refractivity contribution in [2.45, 2.75) is 37.7 Å². The van der Waals surface area contributed by atoms with Crippen LogP contribution in [0.4, 0.5) is 0 Å². The molecule has 198 valence electrons. The number of rotatable bonds is 8. The van der Waals surface area contributed by atoms with Gasteiger partial charge in [-0.3, -0.25) is 4.79 Å². The van der Waals surface area contributed by atoms with Gasteiger partial charge in [-0.05, 0) is 85.0 Å². The molecule has 1 heterocycles. The molecule has 39 heavy (non-hydrogen) atoms. The fraction of sp³-hybridized carbons (Fsp3) is 0.172. The Kier molecular flexibility index (Phi) is 8.29. The molecule has 0 radical (unpaired) electrons. The number of sulfone groups is 1. The maximum Gasteiger partial charge on any atom is 0.251 e. The van der Waals surface area contributed by atoms with Crippen molar-refractivity contribution >= 4 is 27.3 Å². The van der Waals surface area contributed by atoms with Crippen LogP contribution in [-0.2, 0) is 21.2 Å². The van der Waals surface area contributed by atoms with E-state index >= 15 is 0 Å². The normalized spacial score (nSPS) is 11.9. The van der Waals surface area contributed by atoms with Crippen molar-refractivity contribution in [3.63, 3.8) is 0 Å². The Bertz CT molecular complexity index is 1640. The van der Waals surface area contributed by atoms with Crippen molar-refractivity contribution in [1.29, 1.82) is 5.26 Å². The molecule has 1 aromatic heterocycles. The standard InChI is InChI=1S/C29H25ClN4O4S/c1-18-14-24(23-8-4-21(16-31)5-9-23)15-19(2)27(18)38-26-12-13-32-29(34-26)39(36,37)20(3)28(35)33-17-22-6-10-25(30)11-7-22/h4-15,20H,17H2,1-3H3,(H,33,35). The van der Waals surface area contributed by atoms with Gasteiger partial charge in [-0.25, -0.2) is 13.4 Å². The first-order valence-electron chi connectivity index (χ1n) is 12.0. The van der Waals surface area contributed by atoms with Crippen LogP contribution in [0.3, 0.4) is 0 Å². The third-order valence-corrected chi connectivity index (χ3v) is 8.19. The SMILES string of the molecule is Cc1cc(-c2ccc(C#N)cc2)cc(C)c1Oc1ccnc(S(=O)(=O)C(C)C(=O)NCc2ccc(Cl)cc2)n1. The van der Waals surface area contributed by atoms with Gasteiger partial charge >= 0.3 is 0 Å². The van der Waals surface area contributed by atoms with Gasteiger partial charge in [0.2, 0.25) is 21.6 Å². The summed E-state index contributed by atoms with van der Waals surface area (Å²) < 4.78 is 32.3. The molecule has 4 rings (SSSR count). The van der Waals surface area contributed by atoms with Crippen molar-refractivity contribution in [2.75, 3.05) is 0 Å². The van der Waals surface area contributed by atoms with Gasteiger partial charge in [-0.15, -0.1) is 0 Å². The first-order chi connectivity index (χ1) is 18.6. The molecule has 0 aliphatic carbocycles. The largest absolute Gasteiger partial charge is 0.438 e. The maximum absolute atomic E-state index is 13.1. The van der Waals surface area contributed by atoms with E-state index in [1.54, 1.807) is 36.4 Å². The summed E-state index contributed by atoms with van der Waals surface area (Å²) in [7, 11) is -4.19. The number of ether oxygens (including phenoxy) is 1. The average molecular weight is 561 g/mol. The van der Waals surface area contributed by atoms with E-state index in [0.717, 1.165) is 27.8 Å². The summed E-state index contributed by atoms with van der Waals surface area (Å²) in [4.78, 5) is 20.6. The van der Waals surface area contributed by atoms with E-state index < -0.39 is 26.2 Å². The van der Waals surface area contributed by atoms with Crippen LogP contribution in [0, 0.1) is 25.2 Å². The highest BCUT2D eigenvalue weighted by atomic mass is 35.5. The molecule has 1 unspecified atom stereocenters. The molecule has 0 fully saturated rings. The molecular weight excluding hydrogens is 536 g/mol. The minimum atomic E-state index is -4.19. The molecule has 0 aliphatic rings. The number of aryl methyl sites for hydroxylation is 2. The number of carbonyl (C=O) groups is 1. The van der Waals surface area contributed by atoms with Crippen molar-refractivity contribution in [1.82, 2.24) is 15.3 Å². The molecule has 10 heteroatoms. The zero-order valence-corrected chi connectivity index (χ0v) is 23.0. The topological polar surface area (TPSA) is 122 Å². The Morgan fingerprint density at radius 1 is 1.03 bits per heavy atom. The van der Waals surface area contributed by atoms with Crippen LogP contribution in [0.15, 0.2) is 78.1 Å². The van der Waals surface area contributed by atoms with Crippen LogP contribution in [0.1, 0.15) is 29.2 Å². The molecule has 3 aromatic carbocycles. The van der Waals surface area contributed by atoms with Crippen molar-refractivity contribution < 1.29 is 17.9 Å². The number of halogens is 1. The van der Waals surface area contributed by atoms with Gasteiger partial charge in [0.05, 0.1) is 11.6 Å². The van der Waals surface area contributed by atoms with E-state index in [2.05, 4.69) is 21.4 Å². The lowest BCUT2D eigenvalue weighted by molar-refractivity contribution is -0.120. The lowest BCUT2D eigenvalue weighted by Gasteiger charge is -2.15. The van der Waals surface area contributed by atoms with Gasteiger partial charge in [0.15, 0.2) is 0 Å². The van der Waals surface area contributed by atoms with E-state index in [1.165, 1.54) is 19.2 Å². The van der Waals surface area contributed by atoms with E-state index in [4.69, 9.17) is 21.6 Å². The molecule has 0 saturated carbocycles. The molecule has 1 N–H and O–H groups in total. The first-order valence-corrected chi connectivity index (χ1v) is 13.9. The van der Waals surface area contributed by atoms with Crippen molar-refractivity contribution in [3.8, 4) is 28.8 Å². The Morgan fingerprint density at radius 3 is 2.28 bits per heavy atom. The van der Waals surface area contributed by atoms with E-state index in [0.29, 0.717) is 16.3 Å². The molecule has 0 bridgehead atoms. The van der Waals surface area contributed by atoms with Gasteiger partial charge < -0.3 is 10.1 Å². The highest BCUT2D eigenvalue weighted by molar-refractivity contribution is 7.92. The minimum absolute atomic E-state index is 0.0367. The van der Waals surface area contributed by atoms with Crippen LogP contribution in [0.25, 0.3) is 11.1 Å². The molecule has 0 aliphatic heterocycles. The summed E-state index contributed by atoms with van der Waals surface area (Å²) in [5, 5.41) is 10.3. The fourth-order valence-electron chi connectivity index (χ4n) is 3.87. The molecule has 1 atom stereocenters. The van der Waals surface area contributed by atoms with Crippen molar-refractivity contribution in [3.05, 3.63) is 100 Å². The predicted molar refractivity (Wildman–Crippen MR) is 148 cm³/mol. The second-order valence-electron chi connectivity index (χ2n) is 8.94. The second kappa shape index (κ2) is 11.6. The smallest absolute Gasteiger partial charge is 0.251 e. The zero-order valence-electron chi connectivity index (χ0n) is 21.5. The Labute approximate surface area is 232 Å². The average Bonchev–Trinajstić information content (AvgIpc) is 2.94. The number of carbonyl (C=O) groups excluding carboxylic acids is 1. The predicted octanol–water partition coefficient (Wildman–Crippen LogP) is 5.56. The van der Waals surface area contributed by atoms with Gasteiger partial charge in [0.1, 0.15) is 11.0 Å². The van der Waals surface area contributed by atoms with Gasteiger partial charge in [-0.2, -0.15) is 10.2 Å². The van der Waals surface area contributed by atoms with Crippen LogP contribution in [-0.4, -0.2) is 29.5 Å². The van der Waals surface area contributed by atoms with E-state index in [-0.39, 0.29) is 12.4 Å². The summed E-state index contributed by atoms with van der Waals surface area (Å²) in [6, 6.07) is 21.6. The number of aromatic nitrogens is 2. The number of nitrogens with one attached hydrogen (secondary N) is 1. The Hall–Kier alpha value is -4.26. The summed E-state index contributed by atoms with van der Waals surface area (Å²) in [5.41, 5.74) is 4.88. The lowest BCUT2D eigenvalue weighted by atomic mass is 9.99. The highest BCUT2D eigenvalue weighted by Crippen LogP contribution is 2.33. The monoisotopic (exact) mass is 560 g/mol. The fourth-order valence-corrected chi connectivity index (χ4v) is 5.11. The third-order valence-electron chi connectivity index (χ3n) is 6.09. The summed E-state index contributed by atoms with van der Waals surface area (Å²) in [6.07, 6.45) is 1.28. The number of benzene rings is 3. The maximum atomic E-state index is 13.1. The molecular formula is C29H25ClN4O4S. The lowest BCUT2D eigenvalue weighted by Crippen LogP contribution is -2.38. The van der Waals surface area contributed by atoms with Crippen LogP contribution >= 0.6 is 11.6 Å². The minimum Gasteiger partial charge on any atom is -0.438 e. The Balaban J connectivity index is 1.51. The number of hydrogen-bond donors (Lipinski definition) is 1. The zero-order chi connectivity index (χ0) is 28.2. The summed E-state index contributed by atoms with van der Waals surface area (Å²) in [6.45, 7) is 5.19. The molecule has 1 amide bonds. The molecule has 0 spiro atoms. The first kappa shape index (κ1) is 27.8. The Morgan fingerprint density at radius 2 is 1.67 bits per heavy atom. The number of amides is 1. The number of hydrogen-bond acceptors (Lipinski definition) is 7.